The van der Waals surface area contributed by atoms with Gasteiger partial charge in [0.15, 0.2) is 0 Å². The molecule has 0 saturated carbocycles. The van der Waals surface area contributed by atoms with E-state index in [0.717, 1.165) is 24.8 Å². The van der Waals surface area contributed by atoms with E-state index in [-0.39, 0.29) is 30.3 Å². The summed E-state index contributed by atoms with van der Waals surface area (Å²) in [6, 6.07) is 6.91. The molecule has 0 bridgehead atoms. The van der Waals surface area contributed by atoms with Crippen molar-refractivity contribution in [1.29, 1.82) is 0 Å². The summed E-state index contributed by atoms with van der Waals surface area (Å²) in [7, 11) is 0. The highest BCUT2D eigenvalue weighted by molar-refractivity contribution is 5.95. The lowest BCUT2D eigenvalue weighted by molar-refractivity contribution is -0.154. The molecular formula is C20H27N3O4. The molecule has 2 aliphatic heterocycles. The summed E-state index contributed by atoms with van der Waals surface area (Å²) in [5.41, 5.74) is 1.49. The zero-order chi connectivity index (χ0) is 19.2. The van der Waals surface area contributed by atoms with Crippen LogP contribution < -0.4 is 5.32 Å². The fraction of sp³-hybridized carbons (Fsp3) is 0.550. The number of hydrogen-bond acceptors (Lipinski definition) is 4. The molecule has 3 rings (SSSR count). The lowest BCUT2D eigenvalue weighted by Crippen LogP contribution is -2.56. The first kappa shape index (κ1) is 19.4. The maximum absolute atomic E-state index is 12.6. The van der Waals surface area contributed by atoms with Crippen LogP contribution in [0.15, 0.2) is 24.3 Å². The molecule has 0 unspecified atom stereocenters. The lowest BCUT2D eigenvalue weighted by atomic mass is 10.1. The third-order valence-electron chi connectivity index (χ3n) is 5.04. The molecule has 2 saturated heterocycles. The maximum atomic E-state index is 12.6. The quantitative estimate of drug-likeness (QED) is 0.694. The van der Waals surface area contributed by atoms with Crippen LogP contribution in [0.3, 0.4) is 0 Å². The number of carbonyl (C=O) groups excluding carboxylic acids is 3. The van der Waals surface area contributed by atoms with E-state index in [4.69, 9.17) is 4.74 Å². The van der Waals surface area contributed by atoms with Gasteiger partial charge < -0.3 is 19.9 Å². The van der Waals surface area contributed by atoms with E-state index in [9.17, 15) is 14.4 Å². The van der Waals surface area contributed by atoms with Gasteiger partial charge in [-0.1, -0.05) is 12.1 Å². The second kappa shape index (κ2) is 8.99. The molecule has 7 heteroatoms. The Morgan fingerprint density at radius 2 is 2.04 bits per heavy atom. The number of fused-ring (bicyclic) bond motifs is 1. The van der Waals surface area contributed by atoms with Crippen molar-refractivity contribution in [3.05, 3.63) is 35.4 Å². The third kappa shape index (κ3) is 4.66. The number of amides is 3. The Kier molecular flexibility index (Phi) is 6.45. The summed E-state index contributed by atoms with van der Waals surface area (Å²) in [5.74, 6) is -0.0627. The normalized spacial score (nSPS) is 19.4. The van der Waals surface area contributed by atoms with Crippen molar-refractivity contribution in [2.24, 2.45) is 0 Å². The molecular weight excluding hydrogens is 346 g/mol. The van der Waals surface area contributed by atoms with Gasteiger partial charge in [-0.2, -0.15) is 0 Å². The zero-order valence-electron chi connectivity index (χ0n) is 15.8. The van der Waals surface area contributed by atoms with Crippen LogP contribution in [0, 0.1) is 0 Å². The molecule has 1 aromatic rings. The summed E-state index contributed by atoms with van der Waals surface area (Å²) in [6.45, 7) is 5.05. The molecule has 2 fully saturated rings. The lowest BCUT2D eigenvalue weighted by Gasteiger charge is -2.36. The summed E-state index contributed by atoms with van der Waals surface area (Å²) in [6.07, 6.45) is 2.43. The van der Waals surface area contributed by atoms with E-state index in [2.05, 4.69) is 5.32 Å². The minimum Gasteiger partial charge on any atom is -0.382 e. The van der Waals surface area contributed by atoms with E-state index in [1.165, 1.54) is 0 Å². The van der Waals surface area contributed by atoms with Crippen LogP contribution in [0.5, 0.6) is 0 Å². The van der Waals surface area contributed by atoms with Crippen molar-refractivity contribution in [2.75, 3.05) is 32.8 Å². The zero-order valence-corrected chi connectivity index (χ0v) is 15.8. The highest BCUT2D eigenvalue weighted by Gasteiger charge is 2.41. The molecule has 146 valence electrons. The molecule has 0 aliphatic carbocycles. The molecule has 2 heterocycles. The van der Waals surface area contributed by atoms with Crippen molar-refractivity contribution >= 4 is 17.7 Å². The molecule has 0 radical (unpaired) electrons. The van der Waals surface area contributed by atoms with Crippen LogP contribution in [0.1, 0.15) is 42.1 Å². The fourth-order valence-electron chi connectivity index (χ4n) is 3.60. The number of nitrogens with zero attached hydrogens (tertiary/aromatic N) is 2. The van der Waals surface area contributed by atoms with Gasteiger partial charge in [0, 0.05) is 38.4 Å². The van der Waals surface area contributed by atoms with Crippen LogP contribution >= 0.6 is 0 Å². The highest BCUT2D eigenvalue weighted by atomic mass is 16.5. The van der Waals surface area contributed by atoms with Gasteiger partial charge in [-0.3, -0.25) is 14.4 Å². The van der Waals surface area contributed by atoms with Gasteiger partial charge in [0.05, 0.1) is 0 Å². The van der Waals surface area contributed by atoms with Gasteiger partial charge in [0.1, 0.15) is 12.6 Å². The summed E-state index contributed by atoms with van der Waals surface area (Å²) in [5, 5.41) is 2.86. The highest BCUT2D eigenvalue weighted by Crippen LogP contribution is 2.24. The van der Waals surface area contributed by atoms with Crippen molar-refractivity contribution < 1.29 is 19.1 Å². The van der Waals surface area contributed by atoms with E-state index >= 15 is 0 Å². The van der Waals surface area contributed by atoms with Gasteiger partial charge in [-0.05, 0) is 43.9 Å². The van der Waals surface area contributed by atoms with Gasteiger partial charge in [-0.25, -0.2) is 0 Å². The summed E-state index contributed by atoms with van der Waals surface area (Å²) >= 11 is 0. The van der Waals surface area contributed by atoms with Crippen LogP contribution in [0.25, 0.3) is 0 Å². The Bertz CT molecular complexity index is 689. The smallest absolute Gasteiger partial charge is 0.251 e. The Hall–Kier alpha value is -2.41. The largest absolute Gasteiger partial charge is 0.382 e. The fourth-order valence-corrected chi connectivity index (χ4v) is 3.60. The van der Waals surface area contributed by atoms with Gasteiger partial charge in [0.25, 0.3) is 5.91 Å². The second-order valence-corrected chi connectivity index (χ2v) is 6.94. The first-order chi connectivity index (χ1) is 13.1. The van der Waals surface area contributed by atoms with E-state index in [1.54, 1.807) is 21.9 Å². The van der Waals surface area contributed by atoms with E-state index in [1.807, 2.05) is 19.1 Å². The Morgan fingerprint density at radius 3 is 2.78 bits per heavy atom. The molecule has 0 spiro atoms. The molecule has 1 aromatic carbocycles. The topological polar surface area (TPSA) is 79.0 Å². The monoisotopic (exact) mass is 373 g/mol. The number of rotatable bonds is 8. The van der Waals surface area contributed by atoms with Crippen LogP contribution in [-0.4, -0.2) is 66.4 Å². The van der Waals surface area contributed by atoms with Gasteiger partial charge in [0.2, 0.25) is 11.8 Å². The summed E-state index contributed by atoms with van der Waals surface area (Å²) in [4.78, 5) is 40.2. The van der Waals surface area contributed by atoms with Crippen molar-refractivity contribution in [3.63, 3.8) is 0 Å². The summed E-state index contributed by atoms with van der Waals surface area (Å²) < 4.78 is 5.24. The van der Waals surface area contributed by atoms with Crippen LogP contribution in [0.4, 0.5) is 0 Å². The molecule has 0 aromatic heterocycles. The third-order valence-corrected chi connectivity index (χ3v) is 5.04. The maximum Gasteiger partial charge on any atom is 0.251 e. The second-order valence-electron chi connectivity index (χ2n) is 6.94. The van der Waals surface area contributed by atoms with Crippen molar-refractivity contribution in [1.82, 2.24) is 15.1 Å². The van der Waals surface area contributed by atoms with E-state index < -0.39 is 0 Å². The predicted octanol–water partition coefficient (Wildman–Crippen LogP) is 1.18. The van der Waals surface area contributed by atoms with E-state index in [0.29, 0.717) is 38.4 Å². The minimum atomic E-state index is -0.284. The minimum absolute atomic E-state index is 0.0279. The number of benzene rings is 1. The van der Waals surface area contributed by atoms with Crippen molar-refractivity contribution in [3.8, 4) is 0 Å². The van der Waals surface area contributed by atoms with Crippen LogP contribution in [-0.2, 0) is 20.9 Å². The Labute approximate surface area is 159 Å². The Balaban J connectivity index is 1.52. The molecule has 1 N–H and O–H groups in total. The van der Waals surface area contributed by atoms with Crippen LogP contribution in [0.2, 0.25) is 0 Å². The first-order valence-corrected chi connectivity index (χ1v) is 9.63. The number of nitrogens with one attached hydrogen (secondary N) is 1. The molecule has 2 aliphatic rings. The number of carbonyl (C=O) groups is 3. The van der Waals surface area contributed by atoms with Crippen molar-refractivity contribution in [2.45, 2.75) is 38.8 Å². The number of hydrogen-bond donors (Lipinski definition) is 1. The molecule has 1 atom stereocenters. The first-order valence-electron chi connectivity index (χ1n) is 9.63. The standard InChI is InChI=1S/C20H27N3O4/c1-2-27-12-4-10-21-19(25)16-8-6-15(7-9-16)13-22-14-18(24)23-11-3-5-17(23)20(22)26/h6-9,17H,2-5,10-14H2,1H3,(H,21,25)/t17-/m1/s1. The average molecular weight is 373 g/mol. The number of ether oxygens (including phenoxy) is 1. The van der Waals surface area contributed by atoms with Gasteiger partial charge >= 0.3 is 0 Å². The molecule has 7 nitrogen and oxygen atoms in total. The molecule has 3 amide bonds. The molecule has 27 heavy (non-hydrogen) atoms. The predicted molar refractivity (Wildman–Crippen MR) is 100 cm³/mol. The SMILES string of the molecule is CCOCCCNC(=O)c1ccc(CN2CC(=O)N3CCC[C@@H]3C2=O)cc1. The average Bonchev–Trinajstić information content (AvgIpc) is 3.17. The Morgan fingerprint density at radius 1 is 1.26 bits per heavy atom. The number of piperazine rings is 1. The van der Waals surface area contributed by atoms with Gasteiger partial charge in [-0.15, -0.1) is 0 Å².